The van der Waals surface area contributed by atoms with Crippen LogP contribution in [0.1, 0.15) is 43.1 Å². The van der Waals surface area contributed by atoms with E-state index in [1.54, 1.807) is 17.5 Å². The first-order valence-corrected chi connectivity index (χ1v) is 9.51. The summed E-state index contributed by atoms with van der Waals surface area (Å²) in [7, 11) is 0. The minimum atomic E-state index is -0.606. The van der Waals surface area contributed by atoms with E-state index in [1.165, 1.54) is 11.3 Å². The molecule has 1 aromatic carbocycles. The number of carbonyl (C=O) groups is 2. The number of hydrogen-bond donors (Lipinski definition) is 1. The van der Waals surface area contributed by atoms with Crippen LogP contribution in [-0.4, -0.2) is 30.0 Å². The maximum Gasteiger partial charge on any atom is 0.358 e. The lowest BCUT2D eigenvalue weighted by Gasteiger charge is -2.05. The van der Waals surface area contributed by atoms with Crippen LogP contribution in [0.25, 0.3) is 10.6 Å². The number of amides is 1. The van der Waals surface area contributed by atoms with E-state index in [0.29, 0.717) is 16.6 Å². The number of nitrogens with one attached hydrogen (secondary N) is 1. The molecule has 0 saturated carbocycles. The molecule has 2 aromatic rings. The highest BCUT2D eigenvalue weighted by atomic mass is 35.5. The first-order valence-electron chi connectivity index (χ1n) is 8.25. The number of aromatic nitrogens is 1. The molecule has 5 nitrogen and oxygen atoms in total. The second-order valence-corrected chi connectivity index (χ2v) is 6.83. The number of rotatable bonds is 9. The van der Waals surface area contributed by atoms with E-state index < -0.39 is 5.97 Å². The lowest BCUT2D eigenvalue weighted by Crippen LogP contribution is -2.29. The van der Waals surface area contributed by atoms with Crippen molar-refractivity contribution < 1.29 is 14.3 Å². The van der Waals surface area contributed by atoms with Crippen LogP contribution in [0.5, 0.6) is 0 Å². The number of esters is 1. The summed E-state index contributed by atoms with van der Waals surface area (Å²) in [6.45, 7) is 2.44. The van der Waals surface area contributed by atoms with Crippen LogP contribution in [0.4, 0.5) is 0 Å². The fourth-order valence-corrected chi connectivity index (χ4v) is 3.13. The van der Waals surface area contributed by atoms with Gasteiger partial charge in [0.05, 0.1) is 0 Å². The average Bonchev–Trinajstić information content (AvgIpc) is 3.10. The highest BCUT2D eigenvalue weighted by Gasteiger charge is 2.15. The molecule has 0 atom stereocenters. The van der Waals surface area contributed by atoms with E-state index in [2.05, 4.69) is 17.2 Å². The van der Waals surface area contributed by atoms with Gasteiger partial charge in [0.2, 0.25) is 0 Å². The molecule has 2 rings (SSSR count). The van der Waals surface area contributed by atoms with E-state index in [-0.39, 0.29) is 18.2 Å². The Hall–Kier alpha value is -1.92. The fraction of sp³-hybridized carbons (Fsp3) is 0.389. The predicted molar refractivity (Wildman–Crippen MR) is 100.0 cm³/mol. The van der Waals surface area contributed by atoms with Gasteiger partial charge in [-0.05, 0) is 18.6 Å². The van der Waals surface area contributed by atoms with Gasteiger partial charge in [0.15, 0.2) is 12.3 Å². The average molecular weight is 381 g/mol. The zero-order chi connectivity index (χ0) is 18.1. The van der Waals surface area contributed by atoms with E-state index in [0.717, 1.165) is 31.2 Å². The number of benzene rings is 1. The van der Waals surface area contributed by atoms with Crippen LogP contribution in [0.3, 0.4) is 0 Å². The monoisotopic (exact) mass is 380 g/mol. The van der Waals surface area contributed by atoms with Crippen molar-refractivity contribution >= 4 is 34.8 Å². The fourth-order valence-electron chi connectivity index (χ4n) is 2.16. The molecule has 1 N–H and O–H groups in total. The zero-order valence-electron chi connectivity index (χ0n) is 14.1. The molecule has 0 bridgehead atoms. The molecule has 0 aliphatic rings. The standard InChI is InChI=1S/C18H21ClN2O3S/c1-2-3-4-5-9-20-16(22)11-24-18(23)15-12-25-17(21-15)13-7-6-8-14(19)10-13/h6-8,10,12H,2-5,9,11H2,1H3,(H,20,22). The summed E-state index contributed by atoms with van der Waals surface area (Å²) in [5.41, 5.74) is 1.03. The summed E-state index contributed by atoms with van der Waals surface area (Å²) in [6, 6.07) is 7.24. The first-order chi connectivity index (χ1) is 12.1. The molecular weight excluding hydrogens is 360 g/mol. The van der Waals surface area contributed by atoms with Crippen LogP contribution in [0.2, 0.25) is 5.02 Å². The molecule has 0 fully saturated rings. The number of halogens is 1. The third-order valence-corrected chi connectivity index (χ3v) is 4.60. The maximum absolute atomic E-state index is 12.0. The quantitative estimate of drug-likeness (QED) is 0.519. The summed E-state index contributed by atoms with van der Waals surface area (Å²) in [6.07, 6.45) is 4.32. The van der Waals surface area contributed by atoms with Gasteiger partial charge in [-0.3, -0.25) is 4.79 Å². The lowest BCUT2D eigenvalue weighted by molar-refractivity contribution is -0.124. The van der Waals surface area contributed by atoms with Crippen molar-refractivity contribution in [3.63, 3.8) is 0 Å². The molecule has 1 amide bonds. The molecule has 1 heterocycles. The number of ether oxygens (including phenoxy) is 1. The summed E-state index contributed by atoms with van der Waals surface area (Å²) in [5.74, 6) is -0.902. The number of nitrogens with zero attached hydrogens (tertiary/aromatic N) is 1. The first kappa shape index (κ1) is 19.4. The van der Waals surface area contributed by atoms with Crippen LogP contribution in [-0.2, 0) is 9.53 Å². The van der Waals surface area contributed by atoms with Crippen molar-refractivity contribution in [2.75, 3.05) is 13.2 Å². The van der Waals surface area contributed by atoms with E-state index >= 15 is 0 Å². The van der Waals surface area contributed by atoms with Gasteiger partial charge in [0.25, 0.3) is 5.91 Å². The van der Waals surface area contributed by atoms with Crippen molar-refractivity contribution in [1.29, 1.82) is 0 Å². The van der Waals surface area contributed by atoms with Gasteiger partial charge in [-0.2, -0.15) is 0 Å². The molecule has 1 aromatic heterocycles. The summed E-state index contributed by atoms with van der Waals surface area (Å²) >= 11 is 7.28. The Bertz CT molecular complexity index is 718. The zero-order valence-corrected chi connectivity index (χ0v) is 15.7. The van der Waals surface area contributed by atoms with Crippen LogP contribution in [0.15, 0.2) is 29.6 Å². The Morgan fingerprint density at radius 1 is 1.28 bits per heavy atom. The molecule has 0 aliphatic heterocycles. The van der Waals surface area contributed by atoms with Crippen molar-refractivity contribution in [1.82, 2.24) is 10.3 Å². The van der Waals surface area contributed by atoms with Gasteiger partial charge in [-0.1, -0.05) is 49.9 Å². The van der Waals surface area contributed by atoms with Gasteiger partial charge in [0, 0.05) is 22.5 Å². The Balaban J connectivity index is 1.79. The van der Waals surface area contributed by atoms with Crippen molar-refractivity contribution in [2.45, 2.75) is 32.6 Å². The highest BCUT2D eigenvalue weighted by Crippen LogP contribution is 2.26. The highest BCUT2D eigenvalue weighted by molar-refractivity contribution is 7.13. The Morgan fingerprint density at radius 3 is 2.88 bits per heavy atom. The van der Waals surface area contributed by atoms with Crippen molar-refractivity contribution in [2.24, 2.45) is 0 Å². The molecule has 25 heavy (non-hydrogen) atoms. The Kier molecular flexibility index (Phi) is 7.88. The number of hydrogen-bond acceptors (Lipinski definition) is 5. The topological polar surface area (TPSA) is 68.3 Å². The van der Waals surface area contributed by atoms with E-state index in [9.17, 15) is 9.59 Å². The SMILES string of the molecule is CCCCCCNC(=O)COC(=O)c1csc(-c2cccc(Cl)c2)n1. The van der Waals surface area contributed by atoms with Crippen LogP contribution >= 0.6 is 22.9 Å². The second kappa shape index (κ2) is 10.2. The van der Waals surface area contributed by atoms with E-state index in [4.69, 9.17) is 16.3 Å². The van der Waals surface area contributed by atoms with Gasteiger partial charge in [-0.15, -0.1) is 11.3 Å². The van der Waals surface area contributed by atoms with Crippen molar-refractivity contribution in [3.05, 3.63) is 40.4 Å². The minimum absolute atomic E-state index is 0.190. The Labute approximate surface area is 156 Å². The molecule has 0 saturated heterocycles. The third-order valence-electron chi connectivity index (χ3n) is 3.47. The van der Waals surface area contributed by atoms with Gasteiger partial charge < -0.3 is 10.1 Å². The molecule has 0 aliphatic carbocycles. The number of carbonyl (C=O) groups excluding carboxylic acids is 2. The lowest BCUT2D eigenvalue weighted by atomic mass is 10.2. The molecule has 0 unspecified atom stereocenters. The maximum atomic E-state index is 12.0. The summed E-state index contributed by atoms with van der Waals surface area (Å²) in [4.78, 5) is 27.9. The van der Waals surface area contributed by atoms with Crippen LogP contribution in [0, 0.1) is 0 Å². The summed E-state index contributed by atoms with van der Waals surface area (Å²) in [5, 5.41) is 5.63. The molecule has 7 heteroatoms. The summed E-state index contributed by atoms with van der Waals surface area (Å²) < 4.78 is 5.01. The molecule has 0 radical (unpaired) electrons. The van der Waals surface area contributed by atoms with Gasteiger partial charge >= 0.3 is 5.97 Å². The van der Waals surface area contributed by atoms with Crippen LogP contribution < -0.4 is 5.32 Å². The number of unbranched alkanes of at least 4 members (excludes halogenated alkanes) is 3. The smallest absolute Gasteiger partial charge is 0.358 e. The normalized spacial score (nSPS) is 10.5. The molecule has 134 valence electrons. The number of thiazole rings is 1. The van der Waals surface area contributed by atoms with Gasteiger partial charge in [0.1, 0.15) is 5.01 Å². The van der Waals surface area contributed by atoms with Crippen molar-refractivity contribution in [3.8, 4) is 10.6 Å². The Morgan fingerprint density at radius 2 is 2.12 bits per heavy atom. The van der Waals surface area contributed by atoms with Gasteiger partial charge in [-0.25, -0.2) is 9.78 Å². The third kappa shape index (κ3) is 6.48. The van der Waals surface area contributed by atoms with E-state index in [1.807, 2.05) is 12.1 Å². The minimum Gasteiger partial charge on any atom is -0.451 e. The molecular formula is C18H21ClN2O3S. The second-order valence-electron chi connectivity index (χ2n) is 5.53. The largest absolute Gasteiger partial charge is 0.451 e. The molecule has 0 spiro atoms. The predicted octanol–water partition coefficient (Wildman–Crippen LogP) is 4.32.